The van der Waals surface area contributed by atoms with Crippen LogP contribution >= 0.6 is 11.6 Å². The third-order valence-electron chi connectivity index (χ3n) is 1.65. The number of carbonyl (C=O) groups is 2. The molecule has 0 spiro atoms. The van der Waals surface area contributed by atoms with E-state index in [1.54, 1.807) is 30.3 Å². The number of hydrogen-bond donors (Lipinski definition) is 0. The van der Waals surface area contributed by atoms with Crippen molar-refractivity contribution in [2.75, 3.05) is 0 Å². The summed E-state index contributed by atoms with van der Waals surface area (Å²) in [5, 5.41) is -1.05. The van der Waals surface area contributed by atoms with Gasteiger partial charge in [0.1, 0.15) is 0 Å². The highest BCUT2D eigenvalue weighted by molar-refractivity contribution is 6.44. The van der Waals surface area contributed by atoms with Gasteiger partial charge in [-0.3, -0.25) is 9.59 Å². The van der Waals surface area contributed by atoms with Crippen molar-refractivity contribution in [3.05, 3.63) is 35.9 Å². The second-order valence-corrected chi connectivity index (χ2v) is 3.14. The fraction of sp³-hybridized carbons (Fsp3) is 0.200. The summed E-state index contributed by atoms with van der Waals surface area (Å²) in [5.41, 5.74) is 0.470. The maximum absolute atomic E-state index is 11.4. The molecule has 0 bridgehead atoms. The molecule has 3 heteroatoms. The molecule has 0 N–H and O–H groups in total. The molecule has 0 aliphatic heterocycles. The third kappa shape index (κ3) is 2.39. The topological polar surface area (TPSA) is 34.1 Å². The van der Waals surface area contributed by atoms with Gasteiger partial charge in [0.25, 0.3) is 0 Å². The summed E-state index contributed by atoms with van der Waals surface area (Å²) < 4.78 is 0. The molecule has 0 aromatic heterocycles. The van der Waals surface area contributed by atoms with E-state index in [1.165, 1.54) is 6.92 Å². The van der Waals surface area contributed by atoms with Crippen molar-refractivity contribution < 1.29 is 9.59 Å². The largest absolute Gasteiger partial charge is 0.298 e. The summed E-state index contributed by atoms with van der Waals surface area (Å²) in [6, 6.07) is 8.54. The van der Waals surface area contributed by atoms with E-state index in [1.807, 2.05) is 0 Å². The van der Waals surface area contributed by atoms with Gasteiger partial charge in [0.2, 0.25) is 0 Å². The Morgan fingerprint density at radius 3 is 2.23 bits per heavy atom. The Balaban J connectivity index is 2.86. The van der Waals surface area contributed by atoms with Gasteiger partial charge < -0.3 is 0 Å². The summed E-state index contributed by atoms with van der Waals surface area (Å²) in [7, 11) is 0. The monoisotopic (exact) mass is 196 g/mol. The van der Waals surface area contributed by atoms with E-state index in [9.17, 15) is 9.59 Å². The molecule has 2 nitrogen and oxygen atoms in total. The minimum absolute atomic E-state index is 0.324. The average molecular weight is 197 g/mol. The maximum atomic E-state index is 11.4. The summed E-state index contributed by atoms with van der Waals surface area (Å²) in [6.45, 7) is 1.30. The van der Waals surface area contributed by atoms with Gasteiger partial charge in [0.05, 0.1) is 0 Å². The Hall–Kier alpha value is -1.15. The first kappa shape index (κ1) is 9.93. The van der Waals surface area contributed by atoms with Crippen LogP contribution in [0.3, 0.4) is 0 Å². The molecule has 1 atom stereocenters. The highest BCUT2D eigenvalue weighted by atomic mass is 35.5. The number of alkyl halides is 1. The van der Waals surface area contributed by atoms with E-state index in [4.69, 9.17) is 11.6 Å². The van der Waals surface area contributed by atoms with Crippen LogP contribution in [0, 0.1) is 0 Å². The van der Waals surface area contributed by atoms with Crippen LogP contribution in [-0.2, 0) is 4.79 Å². The molecule has 0 saturated carbocycles. The number of benzene rings is 1. The number of ketones is 2. The molecule has 0 aliphatic rings. The summed E-state index contributed by atoms with van der Waals surface area (Å²) in [5.74, 6) is -0.662. The second kappa shape index (κ2) is 4.19. The third-order valence-corrected chi connectivity index (χ3v) is 2.15. The molecule has 0 unspecified atom stereocenters. The summed E-state index contributed by atoms with van der Waals surface area (Å²) >= 11 is 5.60. The standard InChI is InChI=1S/C10H9ClO2/c1-7(12)9(11)10(13)8-5-3-2-4-6-8/h2-6,9H,1H3/t9-/m1/s1. The van der Waals surface area contributed by atoms with Gasteiger partial charge in [0.15, 0.2) is 16.9 Å². The quantitative estimate of drug-likeness (QED) is 0.421. The lowest BCUT2D eigenvalue weighted by Gasteiger charge is -2.03. The number of rotatable bonds is 3. The van der Waals surface area contributed by atoms with E-state index >= 15 is 0 Å². The fourth-order valence-corrected chi connectivity index (χ4v) is 1.06. The molecule has 0 radical (unpaired) electrons. The van der Waals surface area contributed by atoms with Crippen LogP contribution in [0.15, 0.2) is 30.3 Å². The van der Waals surface area contributed by atoms with E-state index in [-0.39, 0.29) is 11.6 Å². The van der Waals surface area contributed by atoms with Crippen LogP contribution in [0.1, 0.15) is 17.3 Å². The lowest BCUT2D eigenvalue weighted by molar-refractivity contribution is -0.115. The van der Waals surface area contributed by atoms with Gasteiger partial charge in [-0.05, 0) is 6.92 Å². The lowest BCUT2D eigenvalue weighted by Crippen LogP contribution is -2.22. The molecule has 1 rings (SSSR count). The van der Waals surface area contributed by atoms with Gasteiger partial charge in [-0.1, -0.05) is 30.3 Å². The fourth-order valence-electron chi connectivity index (χ4n) is 0.933. The van der Waals surface area contributed by atoms with Crippen molar-refractivity contribution in [1.29, 1.82) is 0 Å². The molecule has 68 valence electrons. The smallest absolute Gasteiger partial charge is 0.188 e. The van der Waals surface area contributed by atoms with E-state index in [2.05, 4.69) is 0 Å². The van der Waals surface area contributed by atoms with Gasteiger partial charge in [-0.15, -0.1) is 11.6 Å². The van der Waals surface area contributed by atoms with Gasteiger partial charge >= 0.3 is 0 Å². The first-order chi connectivity index (χ1) is 6.13. The Bertz CT molecular complexity index is 319. The number of halogens is 1. The second-order valence-electron chi connectivity index (χ2n) is 2.70. The van der Waals surface area contributed by atoms with Crippen LogP contribution in [0.25, 0.3) is 0 Å². The van der Waals surface area contributed by atoms with Crippen molar-refractivity contribution >= 4 is 23.2 Å². The van der Waals surface area contributed by atoms with E-state index in [0.717, 1.165) is 0 Å². The van der Waals surface area contributed by atoms with Crippen molar-refractivity contribution in [3.8, 4) is 0 Å². The van der Waals surface area contributed by atoms with Gasteiger partial charge in [-0.25, -0.2) is 0 Å². The van der Waals surface area contributed by atoms with Gasteiger partial charge in [-0.2, -0.15) is 0 Å². The average Bonchev–Trinajstić information content (AvgIpc) is 2.17. The van der Waals surface area contributed by atoms with E-state index < -0.39 is 5.38 Å². The molecule has 0 fully saturated rings. The Morgan fingerprint density at radius 1 is 1.23 bits per heavy atom. The highest BCUT2D eigenvalue weighted by Crippen LogP contribution is 2.08. The van der Waals surface area contributed by atoms with Crippen LogP contribution in [0.4, 0.5) is 0 Å². The molecule has 13 heavy (non-hydrogen) atoms. The molecule has 1 aromatic rings. The van der Waals surface area contributed by atoms with Crippen LogP contribution in [0.2, 0.25) is 0 Å². The molecule has 1 aromatic carbocycles. The molecule has 0 amide bonds. The first-order valence-electron chi connectivity index (χ1n) is 3.86. The predicted octanol–water partition coefficient (Wildman–Crippen LogP) is 2.07. The zero-order chi connectivity index (χ0) is 9.84. The van der Waals surface area contributed by atoms with Crippen molar-refractivity contribution in [1.82, 2.24) is 0 Å². The van der Waals surface area contributed by atoms with Crippen molar-refractivity contribution in [2.45, 2.75) is 12.3 Å². The molecular formula is C10H9ClO2. The number of hydrogen-bond acceptors (Lipinski definition) is 2. The number of Topliss-reactive ketones (excluding diaryl/α,β-unsaturated/α-hetero) is 2. The molecule has 0 saturated heterocycles. The number of carbonyl (C=O) groups excluding carboxylic acids is 2. The Morgan fingerprint density at radius 2 is 1.77 bits per heavy atom. The molecular weight excluding hydrogens is 188 g/mol. The molecule has 0 aliphatic carbocycles. The lowest BCUT2D eigenvalue weighted by atomic mass is 10.1. The summed E-state index contributed by atoms with van der Waals surface area (Å²) in [6.07, 6.45) is 0. The first-order valence-corrected chi connectivity index (χ1v) is 4.30. The highest BCUT2D eigenvalue weighted by Gasteiger charge is 2.20. The van der Waals surface area contributed by atoms with Crippen LogP contribution < -0.4 is 0 Å². The molecule has 0 heterocycles. The van der Waals surface area contributed by atoms with Gasteiger partial charge in [0, 0.05) is 5.56 Å². The minimum Gasteiger partial charge on any atom is -0.298 e. The van der Waals surface area contributed by atoms with E-state index in [0.29, 0.717) is 5.56 Å². The Labute approximate surface area is 81.5 Å². The predicted molar refractivity (Wildman–Crippen MR) is 51.1 cm³/mol. The van der Waals surface area contributed by atoms with Crippen LogP contribution in [0.5, 0.6) is 0 Å². The van der Waals surface area contributed by atoms with Crippen molar-refractivity contribution in [2.24, 2.45) is 0 Å². The normalized spacial score (nSPS) is 12.2. The van der Waals surface area contributed by atoms with Crippen molar-refractivity contribution in [3.63, 3.8) is 0 Å². The maximum Gasteiger partial charge on any atom is 0.188 e. The SMILES string of the molecule is CC(=O)[C@@H](Cl)C(=O)c1ccccc1. The van der Waals surface area contributed by atoms with Crippen LogP contribution in [-0.4, -0.2) is 16.9 Å². The Kier molecular flexibility index (Phi) is 3.20. The zero-order valence-corrected chi connectivity index (χ0v) is 7.91. The zero-order valence-electron chi connectivity index (χ0n) is 7.16. The summed E-state index contributed by atoms with van der Waals surface area (Å²) in [4.78, 5) is 22.2. The minimum atomic E-state index is -1.05.